The summed E-state index contributed by atoms with van der Waals surface area (Å²) in [6.45, 7) is 1.91. The second-order valence-corrected chi connectivity index (χ2v) is 6.85. The number of aliphatic hydroxyl groups is 1. The van der Waals surface area contributed by atoms with E-state index in [-0.39, 0.29) is 31.7 Å². The van der Waals surface area contributed by atoms with Gasteiger partial charge in [0.25, 0.3) is 0 Å². The van der Waals surface area contributed by atoms with E-state index in [1.807, 2.05) is 5.38 Å². The van der Waals surface area contributed by atoms with E-state index in [0.29, 0.717) is 5.56 Å². The third kappa shape index (κ3) is 6.47. The molecule has 0 aromatic carbocycles. The molecule has 0 aliphatic heterocycles. The van der Waals surface area contributed by atoms with Crippen LogP contribution in [0.5, 0.6) is 0 Å². The molecular weight excluding hydrogens is 302 g/mol. The highest BCUT2D eigenvalue weighted by Gasteiger charge is 2.15. The molecule has 114 valence electrons. The van der Waals surface area contributed by atoms with Crippen LogP contribution < -0.4 is 4.72 Å². The summed E-state index contributed by atoms with van der Waals surface area (Å²) in [5, 5.41) is 13.3. The number of carbonyl (C=O) groups is 1. The molecule has 1 unspecified atom stereocenters. The predicted octanol–water partition coefficient (Wildman–Crippen LogP) is 1.04. The zero-order valence-electron chi connectivity index (χ0n) is 11.2. The predicted molar refractivity (Wildman–Crippen MR) is 76.9 cm³/mol. The van der Waals surface area contributed by atoms with Crippen molar-refractivity contribution in [1.29, 1.82) is 0 Å². The Balaban J connectivity index is 2.29. The van der Waals surface area contributed by atoms with Crippen LogP contribution in [0.4, 0.5) is 0 Å². The fourth-order valence-electron chi connectivity index (χ4n) is 1.50. The minimum atomic E-state index is -3.49. The summed E-state index contributed by atoms with van der Waals surface area (Å²) in [5.41, 5.74) is 0.684. The van der Waals surface area contributed by atoms with E-state index in [4.69, 9.17) is 4.74 Å². The Kier molecular flexibility index (Phi) is 7.14. The Morgan fingerprint density at radius 1 is 1.55 bits per heavy atom. The molecule has 1 aromatic rings. The molecular formula is C12H19NO5S2. The Morgan fingerprint density at radius 3 is 2.90 bits per heavy atom. The summed E-state index contributed by atoms with van der Waals surface area (Å²) in [5.74, 6) is -0.566. The molecule has 0 amide bonds. The molecule has 0 fully saturated rings. The lowest BCUT2D eigenvalue weighted by molar-refractivity contribution is -0.143. The maximum absolute atomic E-state index is 11.7. The number of thiophene rings is 1. The number of nitrogens with one attached hydrogen (secondary N) is 1. The van der Waals surface area contributed by atoms with Gasteiger partial charge in [0.05, 0.1) is 18.5 Å². The second kappa shape index (κ2) is 8.35. The highest BCUT2D eigenvalue weighted by Crippen LogP contribution is 2.15. The molecule has 1 rings (SSSR count). The number of aliphatic hydroxyl groups excluding tert-OH is 1. The van der Waals surface area contributed by atoms with Crippen LogP contribution in [0.15, 0.2) is 16.8 Å². The fraction of sp³-hybridized carbons (Fsp3) is 0.583. The van der Waals surface area contributed by atoms with Gasteiger partial charge in [-0.2, -0.15) is 11.3 Å². The van der Waals surface area contributed by atoms with Gasteiger partial charge in [0.2, 0.25) is 10.0 Å². The van der Waals surface area contributed by atoms with Gasteiger partial charge < -0.3 is 9.84 Å². The van der Waals surface area contributed by atoms with E-state index >= 15 is 0 Å². The van der Waals surface area contributed by atoms with Crippen LogP contribution in [0.3, 0.4) is 0 Å². The molecule has 6 nitrogen and oxygen atoms in total. The number of esters is 1. The van der Waals surface area contributed by atoms with Crippen LogP contribution in [0.2, 0.25) is 0 Å². The molecule has 1 atom stereocenters. The molecule has 1 heterocycles. The summed E-state index contributed by atoms with van der Waals surface area (Å²) < 4.78 is 30.4. The average Bonchev–Trinajstić information content (AvgIpc) is 2.90. The summed E-state index contributed by atoms with van der Waals surface area (Å²) >= 11 is 1.43. The lowest BCUT2D eigenvalue weighted by Crippen LogP contribution is -2.30. The average molecular weight is 321 g/mol. The molecule has 20 heavy (non-hydrogen) atoms. The van der Waals surface area contributed by atoms with Crippen LogP contribution in [-0.2, 0) is 19.6 Å². The number of ether oxygens (including phenoxy) is 1. The molecule has 0 radical (unpaired) electrons. The first-order valence-electron chi connectivity index (χ1n) is 6.27. The maximum Gasteiger partial charge on any atom is 0.305 e. The van der Waals surface area contributed by atoms with Crippen LogP contribution in [0.1, 0.15) is 31.4 Å². The summed E-state index contributed by atoms with van der Waals surface area (Å²) in [6, 6.07) is 1.74. The molecule has 0 saturated carbocycles. The number of sulfonamides is 1. The standard InChI is InChI=1S/C12H19NO5S2/c1-2-18-12(15)4-3-7-20(16,17)13-8-11(14)10-5-6-19-9-10/h5-6,9,11,13-14H,2-4,7-8H2,1H3. The Bertz CT molecular complexity index is 498. The first-order chi connectivity index (χ1) is 9.44. The fourth-order valence-corrected chi connectivity index (χ4v) is 3.29. The van der Waals surface area contributed by atoms with Crippen molar-refractivity contribution in [1.82, 2.24) is 4.72 Å². The smallest absolute Gasteiger partial charge is 0.305 e. The lowest BCUT2D eigenvalue weighted by Gasteiger charge is -2.11. The first kappa shape index (κ1) is 17.1. The molecule has 8 heteroatoms. The van der Waals surface area contributed by atoms with E-state index in [2.05, 4.69) is 4.72 Å². The molecule has 0 saturated heterocycles. The van der Waals surface area contributed by atoms with Crippen LogP contribution in [0, 0.1) is 0 Å². The van der Waals surface area contributed by atoms with Gasteiger partial charge in [0, 0.05) is 13.0 Å². The molecule has 0 bridgehead atoms. The zero-order valence-corrected chi connectivity index (χ0v) is 12.9. The maximum atomic E-state index is 11.7. The van der Waals surface area contributed by atoms with Crippen molar-refractivity contribution in [3.05, 3.63) is 22.4 Å². The van der Waals surface area contributed by atoms with Crippen molar-refractivity contribution in [2.24, 2.45) is 0 Å². The Morgan fingerprint density at radius 2 is 2.30 bits per heavy atom. The highest BCUT2D eigenvalue weighted by molar-refractivity contribution is 7.89. The minimum Gasteiger partial charge on any atom is -0.466 e. The van der Waals surface area contributed by atoms with E-state index in [9.17, 15) is 18.3 Å². The largest absolute Gasteiger partial charge is 0.466 e. The topological polar surface area (TPSA) is 92.7 Å². The van der Waals surface area contributed by atoms with Crippen molar-refractivity contribution < 1.29 is 23.1 Å². The normalized spacial score (nSPS) is 13.1. The Labute approximate surface area is 122 Å². The van der Waals surface area contributed by atoms with Gasteiger partial charge in [-0.15, -0.1) is 0 Å². The third-order valence-electron chi connectivity index (χ3n) is 2.52. The Hall–Kier alpha value is -0.960. The molecule has 1 aromatic heterocycles. The number of hydrogen-bond donors (Lipinski definition) is 2. The quantitative estimate of drug-likeness (QED) is 0.663. The van der Waals surface area contributed by atoms with E-state index in [0.717, 1.165) is 0 Å². The van der Waals surface area contributed by atoms with Gasteiger partial charge in [-0.3, -0.25) is 4.79 Å². The summed E-state index contributed by atoms with van der Waals surface area (Å²) in [4.78, 5) is 11.1. The number of hydrogen-bond acceptors (Lipinski definition) is 6. The van der Waals surface area contributed by atoms with Crippen LogP contribution in [0.25, 0.3) is 0 Å². The van der Waals surface area contributed by atoms with Crippen molar-refractivity contribution in [3.63, 3.8) is 0 Å². The third-order valence-corrected chi connectivity index (χ3v) is 4.66. The van der Waals surface area contributed by atoms with E-state index in [1.165, 1.54) is 11.3 Å². The van der Waals surface area contributed by atoms with Gasteiger partial charge >= 0.3 is 5.97 Å². The van der Waals surface area contributed by atoms with Crippen LogP contribution in [-0.4, -0.2) is 38.4 Å². The molecule has 0 aliphatic carbocycles. The SMILES string of the molecule is CCOC(=O)CCCS(=O)(=O)NCC(O)c1ccsc1. The van der Waals surface area contributed by atoms with Crippen molar-refractivity contribution >= 4 is 27.3 Å². The lowest BCUT2D eigenvalue weighted by atomic mass is 10.2. The van der Waals surface area contributed by atoms with Gasteiger partial charge in [0.15, 0.2) is 0 Å². The molecule has 0 spiro atoms. The van der Waals surface area contributed by atoms with E-state index in [1.54, 1.807) is 18.4 Å². The summed E-state index contributed by atoms with van der Waals surface area (Å²) in [6.07, 6.45) is -0.592. The van der Waals surface area contributed by atoms with E-state index < -0.39 is 22.1 Å². The first-order valence-corrected chi connectivity index (χ1v) is 8.87. The van der Waals surface area contributed by atoms with Crippen molar-refractivity contribution in [2.75, 3.05) is 18.9 Å². The molecule has 2 N–H and O–H groups in total. The zero-order chi connectivity index (χ0) is 15.0. The van der Waals surface area contributed by atoms with Crippen LogP contribution >= 0.6 is 11.3 Å². The van der Waals surface area contributed by atoms with Gasteiger partial charge in [0.1, 0.15) is 0 Å². The minimum absolute atomic E-state index is 0.0710. The summed E-state index contributed by atoms with van der Waals surface area (Å²) in [7, 11) is -3.49. The van der Waals surface area contributed by atoms with Crippen molar-refractivity contribution in [3.8, 4) is 0 Å². The second-order valence-electron chi connectivity index (χ2n) is 4.15. The van der Waals surface area contributed by atoms with Crippen molar-refractivity contribution in [2.45, 2.75) is 25.9 Å². The number of carbonyl (C=O) groups excluding carboxylic acids is 1. The number of rotatable bonds is 9. The monoisotopic (exact) mass is 321 g/mol. The highest BCUT2D eigenvalue weighted by atomic mass is 32.2. The van der Waals surface area contributed by atoms with Gasteiger partial charge in [-0.25, -0.2) is 13.1 Å². The van der Waals surface area contributed by atoms with Gasteiger partial charge in [-0.05, 0) is 35.7 Å². The molecule has 0 aliphatic rings. The van der Waals surface area contributed by atoms with Gasteiger partial charge in [-0.1, -0.05) is 0 Å².